The van der Waals surface area contributed by atoms with Gasteiger partial charge in [0.05, 0.1) is 6.61 Å². The van der Waals surface area contributed by atoms with E-state index in [4.69, 9.17) is 4.74 Å². The Bertz CT molecular complexity index is 346. The summed E-state index contributed by atoms with van der Waals surface area (Å²) in [5.74, 6) is -0.168. The molecule has 0 aliphatic rings. The van der Waals surface area contributed by atoms with Crippen LogP contribution in [-0.2, 0) is 0 Å². The van der Waals surface area contributed by atoms with Gasteiger partial charge in [0.2, 0.25) is 0 Å². The second-order valence-electron chi connectivity index (χ2n) is 3.48. The van der Waals surface area contributed by atoms with Crippen LogP contribution in [-0.4, -0.2) is 12.8 Å². The number of alkyl halides is 3. The Morgan fingerprint density at radius 2 is 1.94 bits per heavy atom. The van der Waals surface area contributed by atoms with Crippen LogP contribution in [0.3, 0.4) is 0 Å². The zero-order valence-electron chi connectivity index (χ0n) is 8.77. The first-order valence-electron chi connectivity index (χ1n) is 4.84. The summed E-state index contributed by atoms with van der Waals surface area (Å²) in [4.78, 5) is 0. The van der Waals surface area contributed by atoms with E-state index in [9.17, 15) is 17.6 Å². The first-order valence-corrected chi connectivity index (χ1v) is 4.84. The maximum Gasteiger partial charge on any atom is 0.389 e. The summed E-state index contributed by atoms with van der Waals surface area (Å²) >= 11 is 0. The van der Waals surface area contributed by atoms with E-state index >= 15 is 0 Å². The molecule has 0 unspecified atom stereocenters. The Balaban J connectivity index is 2.40. The van der Waals surface area contributed by atoms with E-state index in [-0.39, 0.29) is 13.0 Å². The molecule has 0 N–H and O–H groups in total. The molecule has 1 nitrogen and oxygen atoms in total. The quantitative estimate of drug-likeness (QED) is 0.569. The van der Waals surface area contributed by atoms with E-state index in [1.54, 1.807) is 6.92 Å². The van der Waals surface area contributed by atoms with Crippen LogP contribution in [0, 0.1) is 12.7 Å². The molecule has 1 rings (SSSR count). The largest absolute Gasteiger partial charge is 0.493 e. The van der Waals surface area contributed by atoms with Gasteiger partial charge in [-0.15, -0.1) is 0 Å². The fraction of sp³-hybridized carbons (Fsp3) is 0.455. The molecule has 0 fully saturated rings. The summed E-state index contributed by atoms with van der Waals surface area (Å²) in [5.41, 5.74) is 0.702. The van der Waals surface area contributed by atoms with Crippen molar-refractivity contribution in [2.45, 2.75) is 25.9 Å². The lowest BCUT2D eigenvalue weighted by Gasteiger charge is -2.10. The van der Waals surface area contributed by atoms with E-state index in [0.717, 1.165) is 0 Å². The molecule has 0 atom stereocenters. The van der Waals surface area contributed by atoms with Crippen LogP contribution in [0.4, 0.5) is 17.6 Å². The second kappa shape index (κ2) is 5.18. The van der Waals surface area contributed by atoms with Crippen LogP contribution in [0.2, 0.25) is 0 Å². The molecule has 0 amide bonds. The maximum atomic E-state index is 12.8. The maximum absolute atomic E-state index is 12.8. The molecule has 1 aromatic rings. The van der Waals surface area contributed by atoms with Crippen molar-refractivity contribution in [3.05, 3.63) is 29.6 Å². The van der Waals surface area contributed by atoms with Gasteiger partial charge < -0.3 is 4.74 Å². The lowest BCUT2D eigenvalue weighted by Crippen LogP contribution is -2.10. The van der Waals surface area contributed by atoms with Gasteiger partial charge in [-0.1, -0.05) is 6.07 Å². The van der Waals surface area contributed by atoms with Gasteiger partial charge in [-0.25, -0.2) is 4.39 Å². The second-order valence-corrected chi connectivity index (χ2v) is 3.48. The van der Waals surface area contributed by atoms with Crippen molar-refractivity contribution < 1.29 is 22.3 Å². The Morgan fingerprint density at radius 1 is 1.25 bits per heavy atom. The third-order valence-corrected chi connectivity index (χ3v) is 2.01. The van der Waals surface area contributed by atoms with E-state index in [0.29, 0.717) is 11.3 Å². The number of aryl methyl sites for hydroxylation is 1. The molecule has 0 radical (unpaired) electrons. The summed E-state index contributed by atoms with van der Waals surface area (Å²) in [5, 5.41) is 0. The summed E-state index contributed by atoms with van der Waals surface area (Å²) in [6.45, 7) is 1.64. The van der Waals surface area contributed by atoms with Crippen molar-refractivity contribution in [2.75, 3.05) is 6.61 Å². The van der Waals surface area contributed by atoms with Gasteiger partial charge >= 0.3 is 6.18 Å². The van der Waals surface area contributed by atoms with Crippen LogP contribution in [0.15, 0.2) is 18.2 Å². The minimum atomic E-state index is -4.17. The highest BCUT2D eigenvalue weighted by Crippen LogP contribution is 2.23. The van der Waals surface area contributed by atoms with Gasteiger partial charge in [0.1, 0.15) is 11.6 Å². The minimum absolute atomic E-state index is 0.0657. The van der Waals surface area contributed by atoms with E-state index in [1.165, 1.54) is 18.2 Å². The van der Waals surface area contributed by atoms with E-state index < -0.39 is 18.4 Å². The smallest absolute Gasteiger partial charge is 0.389 e. The zero-order valence-corrected chi connectivity index (χ0v) is 8.77. The van der Waals surface area contributed by atoms with Crippen molar-refractivity contribution in [2.24, 2.45) is 0 Å². The molecule has 0 aromatic heterocycles. The molecule has 0 aliphatic heterocycles. The Hall–Kier alpha value is -1.26. The van der Waals surface area contributed by atoms with E-state index in [2.05, 4.69) is 0 Å². The van der Waals surface area contributed by atoms with Crippen molar-refractivity contribution >= 4 is 0 Å². The van der Waals surface area contributed by atoms with Crippen LogP contribution >= 0.6 is 0 Å². The summed E-state index contributed by atoms with van der Waals surface area (Å²) in [6, 6.07) is 3.97. The zero-order chi connectivity index (χ0) is 12.2. The number of rotatable bonds is 4. The average molecular weight is 236 g/mol. The van der Waals surface area contributed by atoms with Gasteiger partial charge in [0, 0.05) is 12.5 Å². The third kappa shape index (κ3) is 4.51. The molecule has 0 heterocycles. The van der Waals surface area contributed by atoms with Crippen molar-refractivity contribution in [1.29, 1.82) is 0 Å². The molecule has 0 spiro atoms. The highest BCUT2D eigenvalue weighted by atomic mass is 19.4. The third-order valence-electron chi connectivity index (χ3n) is 2.01. The number of ether oxygens (including phenoxy) is 1. The van der Waals surface area contributed by atoms with Gasteiger partial charge in [0.15, 0.2) is 0 Å². The highest BCUT2D eigenvalue weighted by Gasteiger charge is 2.26. The van der Waals surface area contributed by atoms with Crippen molar-refractivity contribution in [3.8, 4) is 5.75 Å². The van der Waals surface area contributed by atoms with Gasteiger partial charge in [-0.3, -0.25) is 0 Å². The molecule has 0 bridgehead atoms. The molecule has 1 aromatic carbocycles. The first kappa shape index (κ1) is 12.8. The fourth-order valence-corrected chi connectivity index (χ4v) is 1.18. The summed E-state index contributed by atoms with van der Waals surface area (Å²) in [7, 11) is 0. The average Bonchev–Trinajstić information content (AvgIpc) is 2.16. The first-order chi connectivity index (χ1) is 7.38. The molecule has 5 heteroatoms. The van der Waals surface area contributed by atoms with Crippen LogP contribution in [0.1, 0.15) is 18.4 Å². The van der Waals surface area contributed by atoms with Crippen molar-refractivity contribution in [3.63, 3.8) is 0 Å². The predicted octanol–water partition coefficient (Wildman–Crippen LogP) is 3.86. The van der Waals surface area contributed by atoms with Crippen molar-refractivity contribution in [1.82, 2.24) is 0 Å². The number of benzene rings is 1. The van der Waals surface area contributed by atoms with Gasteiger partial charge in [-0.05, 0) is 25.0 Å². The Labute approximate surface area is 91.0 Å². The lowest BCUT2D eigenvalue weighted by atomic mass is 10.2. The highest BCUT2D eigenvalue weighted by molar-refractivity contribution is 5.32. The number of halogens is 4. The molecule has 90 valence electrons. The number of hydrogen-bond acceptors (Lipinski definition) is 1. The number of hydrogen-bond donors (Lipinski definition) is 0. The van der Waals surface area contributed by atoms with Gasteiger partial charge in [0.25, 0.3) is 0 Å². The molecular weight excluding hydrogens is 224 g/mol. The molecule has 0 aliphatic carbocycles. The molecular formula is C11H12F4O. The molecule has 0 saturated heterocycles. The normalized spacial score (nSPS) is 11.6. The minimum Gasteiger partial charge on any atom is -0.493 e. The standard InChI is InChI=1S/C11H12F4O/c1-8-3-4-9(12)7-10(8)16-6-2-5-11(13,14)15/h3-4,7H,2,5-6H2,1H3. The monoisotopic (exact) mass is 236 g/mol. The van der Waals surface area contributed by atoms with Crippen LogP contribution in [0.5, 0.6) is 5.75 Å². The SMILES string of the molecule is Cc1ccc(F)cc1OCCCC(F)(F)F. The lowest BCUT2D eigenvalue weighted by molar-refractivity contribution is -0.136. The fourth-order valence-electron chi connectivity index (χ4n) is 1.18. The summed E-state index contributed by atoms with van der Waals surface area (Å²) < 4.78 is 53.3. The van der Waals surface area contributed by atoms with E-state index in [1.807, 2.05) is 0 Å². The Morgan fingerprint density at radius 3 is 2.56 bits per heavy atom. The van der Waals surface area contributed by atoms with Gasteiger partial charge in [-0.2, -0.15) is 13.2 Å². The predicted molar refractivity (Wildman–Crippen MR) is 51.9 cm³/mol. The van der Waals surface area contributed by atoms with Crippen LogP contribution in [0.25, 0.3) is 0 Å². The summed E-state index contributed by atoms with van der Waals surface area (Å²) in [6.07, 6.45) is -5.18. The van der Waals surface area contributed by atoms with Crippen LogP contribution < -0.4 is 4.74 Å². The molecule has 0 saturated carbocycles. The topological polar surface area (TPSA) is 9.23 Å². The Kier molecular flexibility index (Phi) is 4.15. The molecule has 16 heavy (non-hydrogen) atoms.